The van der Waals surface area contributed by atoms with Crippen LogP contribution in [0.1, 0.15) is 51.7 Å². The van der Waals surface area contributed by atoms with Gasteiger partial charge in [-0.15, -0.1) is 0 Å². The van der Waals surface area contributed by atoms with Crippen molar-refractivity contribution in [3.05, 3.63) is 59.7 Å². The lowest BCUT2D eigenvalue weighted by molar-refractivity contribution is -0.137. The highest BCUT2D eigenvalue weighted by Gasteiger charge is 2.34. The Morgan fingerprint density at radius 2 is 0.917 bits per heavy atom. The molecule has 1 saturated heterocycles. The number of benzene rings is 2. The minimum Gasteiger partial charge on any atom is -0.378 e. The Bertz CT molecular complexity index is 1420. The van der Waals surface area contributed by atoms with Gasteiger partial charge in [-0.3, -0.25) is 9.59 Å². The number of hydrogen-bond donors (Lipinski definition) is 2. The van der Waals surface area contributed by atoms with Gasteiger partial charge in [0, 0.05) is 26.2 Å². The Hall–Kier alpha value is -2.88. The van der Waals surface area contributed by atoms with Gasteiger partial charge in [0.15, 0.2) is 0 Å². The molecule has 2 aromatic carbocycles. The van der Waals surface area contributed by atoms with Crippen molar-refractivity contribution in [3.63, 3.8) is 0 Å². The minimum atomic E-state index is -3.95. The van der Waals surface area contributed by atoms with Gasteiger partial charge in [-0.1, -0.05) is 75.9 Å². The second kappa shape index (κ2) is 18.2. The smallest absolute Gasteiger partial charge is 0.241 e. The second-order valence-electron chi connectivity index (χ2n) is 12.5. The molecule has 3 rings (SSSR count). The number of amides is 2. The molecule has 1 aliphatic heterocycles. The molecule has 0 saturated carbocycles. The van der Waals surface area contributed by atoms with Crippen molar-refractivity contribution in [2.24, 2.45) is 11.8 Å². The highest BCUT2D eigenvalue weighted by Crippen LogP contribution is 2.19. The van der Waals surface area contributed by atoms with E-state index in [-0.39, 0.29) is 86.0 Å². The summed E-state index contributed by atoms with van der Waals surface area (Å²) in [5.41, 5.74) is 1.85. The van der Waals surface area contributed by atoms with Crippen LogP contribution in [0.5, 0.6) is 0 Å². The number of nitrogens with zero attached hydrogens (tertiary/aromatic N) is 2. The molecule has 0 radical (unpaired) electrons. The van der Waals surface area contributed by atoms with Gasteiger partial charge < -0.3 is 19.3 Å². The Morgan fingerprint density at radius 3 is 1.19 bits per heavy atom. The summed E-state index contributed by atoms with van der Waals surface area (Å²) in [6.45, 7) is 12.6. The first-order chi connectivity index (χ1) is 22.7. The number of carbonyl (C=O) groups excluding carboxylic acids is 2. The van der Waals surface area contributed by atoms with E-state index >= 15 is 0 Å². The van der Waals surface area contributed by atoms with Crippen LogP contribution in [0.15, 0.2) is 58.3 Å². The van der Waals surface area contributed by atoms with Crippen molar-refractivity contribution in [2.75, 3.05) is 52.6 Å². The summed E-state index contributed by atoms with van der Waals surface area (Å²) in [5.74, 6) is -1.28. The van der Waals surface area contributed by atoms with E-state index in [2.05, 4.69) is 9.44 Å². The first-order valence-electron chi connectivity index (χ1n) is 16.6. The van der Waals surface area contributed by atoms with E-state index < -0.39 is 32.1 Å². The van der Waals surface area contributed by atoms with Crippen LogP contribution in [-0.4, -0.2) is 103 Å². The predicted molar refractivity (Wildman–Crippen MR) is 184 cm³/mol. The van der Waals surface area contributed by atoms with E-state index in [1.807, 2.05) is 41.5 Å². The molecule has 1 heterocycles. The van der Waals surface area contributed by atoms with E-state index in [1.54, 1.807) is 34.1 Å². The third kappa shape index (κ3) is 11.1. The number of hydrogen-bond acceptors (Lipinski definition) is 8. The zero-order valence-electron chi connectivity index (χ0n) is 29.0. The summed E-state index contributed by atoms with van der Waals surface area (Å²) in [7, 11) is -7.91. The molecule has 14 heteroatoms. The van der Waals surface area contributed by atoms with E-state index in [9.17, 15) is 26.4 Å². The van der Waals surface area contributed by atoms with Gasteiger partial charge in [-0.2, -0.15) is 9.44 Å². The van der Waals surface area contributed by atoms with Gasteiger partial charge in [0.25, 0.3) is 0 Å². The molecule has 268 valence electrons. The van der Waals surface area contributed by atoms with Gasteiger partial charge in [0.2, 0.25) is 31.9 Å². The average molecular weight is 709 g/mol. The molecule has 2 N–H and O–H groups in total. The fraction of sp³-hybridized carbons (Fsp3) is 0.588. The standard InChI is InChI=1S/C34H52N4O8S2/c1-7-27(5)31(35-47(41,42)29-13-9-25(3)10-14-29)33(39)37-17-21-45-23-19-38(20-24-46-22-18-37)34(40)32(28(6)8-2)36-48(43,44)30-15-11-26(4)12-16-30/h9-16,27-28,31-32,35-36H,7-8,17-24H2,1-6H3/t27-,28+,31-,32+. The highest BCUT2D eigenvalue weighted by atomic mass is 32.2. The van der Waals surface area contributed by atoms with Gasteiger partial charge in [0.05, 0.1) is 36.2 Å². The maximum absolute atomic E-state index is 13.8. The molecular formula is C34H52N4O8S2. The van der Waals surface area contributed by atoms with Gasteiger partial charge in [0.1, 0.15) is 12.1 Å². The summed E-state index contributed by atoms with van der Waals surface area (Å²) in [6.07, 6.45) is 1.16. The Labute approximate surface area is 286 Å². The summed E-state index contributed by atoms with van der Waals surface area (Å²) in [5, 5.41) is 0. The fourth-order valence-electron chi connectivity index (χ4n) is 5.16. The van der Waals surface area contributed by atoms with Crippen LogP contribution in [0.3, 0.4) is 0 Å². The van der Waals surface area contributed by atoms with Crippen LogP contribution >= 0.6 is 0 Å². The third-order valence-corrected chi connectivity index (χ3v) is 11.7. The zero-order valence-corrected chi connectivity index (χ0v) is 30.6. The molecular weight excluding hydrogens is 657 g/mol. The summed E-state index contributed by atoms with van der Waals surface area (Å²) < 4.78 is 69.9. The van der Waals surface area contributed by atoms with E-state index in [4.69, 9.17) is 9.47 Å². The van der Waals surface area contributed by atoms with Crippen LogP contribution in [0.4, 0.5) is 0 Å². The molecule has 0 aliphatic carbocycles. The number of rotatable bonds is 12. The zero-order chi connectivity index (χ0) is 35.5. The van der Waals surface area contributed by atoms with Crippen molar-refractivity contribution in [1.82, 2.24) is 19.2 Å². The van der Waals surface area contributed by atoms with Crippen LogP contribution in [0.25, 0.3) is 0 Å². The maximum Gasteiger partial charge on any atom is 0.241 e. The first-order valence-corrected chi connectivity index (χ1v) is 19.6. The van der Waals surface area contributed by atoms with Crippen molar-refractivity contribution in [2.45, 2.75) is 76.3 Å². The summed E-state index contributed by atoms with van der Waals surface area (Å²) >= 11 is 0. The number of nitrogens with one attached hydrogen (secondary N) is 2. The van der Waals surface area contributed by atoms with Gasteiger partial charge >= 0.3 is 0 Å². The molecule has 0 aromatic heterocycles. The molecule has 48 heavy (non-hydrogen) atoms. The Morgan fingerprint density at radius 1 is 0.625 bits per heavy atom. The normalized spacial score (nSPS) is 18.2. The first kappa shape index (κ1) is 39.6. The van der Waals surface area contributed by atoms with E-state index in [0.717, 1.165) is 11.1 Å². The second-order valence-corrected chi connectivity index (χ2v) is 15.9. The fourth-order valence-corrected chi connectivity index (χ4v) is 7.75. The third-order valence-electron chi connectivity index (χ3n) is 8.83. The van der Waals surface area contributed by atoms with Crippen LogP contribution in [0, 0.1) is 25.7 Å². The monoisotopic (exact) mass is 708 g/mol. The van der Waals surface area contributed by atoms with Gasteiger partial charge in [-0.25, -0.2) is 16.8 Å². The molecule has 2 amide bonds. The van der Waals surface area contributed by atoms with E-state index in [0.29, 0.717) is 12.8 Å². The number of ether oxygens (including phenoxy) is 2. The largest absolute Gasteiger partial charge is 0.378 e. The topological polar surface area (TPSA) is 151 Å². The van der Waals surface area contributed by atoms with Crippen LogP contribution < -0.4 is 9.44 Å². The van der Waals surface area contributed by atoms with Crippen molar-refractivity contribution < 1.29 is 35.9 Å². The Balaban J connectivity index is 1.68. The van der Waals surface area contributed by atoms with Crippen LogP contribution in [0.2, 0.25) is 0 Å². The summed E-state index contributed by atoms with van der Waals surface area (Å²) in [4.78, 5) is 30.9. The SMILES string of the molecule is CC[C@@H](C)[C@@H](NS(=O)(=O)c1ccc(C)cc1)C(=O)N1CCOCCN(C(=O)[C@@H](NS(=O)(=O)c2ccc(C)cc2)[C@@H](C)CC)CCOCC1. The number of carbonyl (C=O) groups is 2. The van der Waals surface area contributed by atoms with Crippen LogP contribution in [-0.2, 0) is 39.1 Å². The van der Waals surface area contributed by atoms with Crippen molar-refractivity contribution in [1.29, 1.82) is 0 Å². The molecule has 12 nitrogen and oxygen atoms in total. The highest BCUT2D eigenvalue weighted by molar-refractivity contribution is 7.89. The van der Waals surface area contributed by atoms with E-state index in [1.165, 1.54) is 24.3 Å². The Kier molecular flexibility index (Phi) is 15.0. The number of sulfonamides is 2. The molecule has 1 aliphatic rings. The lowest BCUT2D eigenvalue weighted by atomic mass is 9.99. The number of aryl methyl sites for hydroxylation is 2. The minimum absolute atomic E-state index is 0.0900. The average Bonchev–Trinajstić information content (AvgIpc) is 3.05. The molecule has 0 bridgehead atoms. The van der Waals surface area contributed by atoms with Gasteiger partial charge in [-0.05, 0) is 49.9 Å². The quantitative estimate of drug-likeness (QED) is 0.342. The maximum atomic E-state index is 13.8. The van der Waals surface area contributed by atoms with Crippen molar-refractivity contribution >= 4 is 31.9 Å². The molecule has 0 spiro atoms. The lowest BCUT2D eigenvalue weighted by Gasteiger charge is -2.32. The lowest BCUT2D eigenvalue weighted by Crippen LogP contribution is -2.54. The molecule has 2 aromatic rings. The molecule has 4 atom stereocenters. The summed E-state index contributed by atoms with van der Waals surface area (Å²) in [6, 6.07) is 11.0. The molecule has 0 unspecified atom stereocenters. The predicted octanol–water partition coefficient (Wildman–Crippen LogP) is 3.09. The van der Waals surface area contributed by atoms with Crippen molar-refractivity contribution in [3.8, 4) is 0 Å². The molecule has 1 fully saturated rings.